The number of amides is 2. The zero-order chi connectivity index (χ0) is 25.1. The molecule has 0 atom stereocenters. The summed E-state index contributed by atoms with van der Waals surface area (Å²) >= 11 is 0. The van der Waals surface area contributed by atoms with Crippen LogP contribution in [0.4, 0.5) is 0 Å². The van der Waals surface area contributed by atoms with Gasteiger partial charge in [-0.3, -0.25) is 14.4 Å². The highest BCUT2D eigenvalue weighted by molar-refractivity contribution is 6.00. The third-order valence-electron chi connectivity index (χ3n) is 5.03. The van der Waals surface area contributed by atoms with E-state index in [1.54, 1.807) is 32.0 Å². The second kappa shape index (κ2) is 13.1. The highest BCUT2D eigenvalue weighted by atomic mass is 16.2. The summed E-state index contributed by atoms with van der Waals surface area (Å²) in [5.74, 6) is 5.33. The molecular formula is C23H34N8O3. The van der Waals surface area contributed by atoms with E-state index in [4.69, 9.17) is 11.6 Å². The van der Waals surface area contributed by atoms with Gasteiger partial charge >= 0.3 is 0 Å². The molecule has 2 heterocycles. The van der Waals surface area contributed by atoms with Crippen LogP contribution in [0.15, 0.2) is 40.2 Å². The Balaban J connectivity index is 0.000000340. The lowest BCUT2D eigenvalue weighted by Gasteiger charge is -2.21. The topological polar surface area (TPSA) is 172 Å². The van der Waals surface area contributed by atoms with Crippen LogP contribution in [-0.2, 0) is 11.3 Å². The van der Waals surface area contributed by atoms with Gasteiger partial charge in [-0.05, 0) is 38.0 Å². The number of pyridine rings is 2. The van der Waals surface area contributed by atoms with Crippen LogP contribution in [-0.4, -0.2) is 45.8 Å². The largest absolute Gasteiger partial charge is 0.382 e. The number of rotatable bonds is 6. The van der Waals surface area contributed by atoms with E-state index in [1.165, 1.54) is 51.3 Å². The lowest BCUT2D eigenvalue weighted by atomic mass is 9.95. The summed E-state index contributed by atoms with van der Waals surface area (Å²) in [4.78, 5) is 40.9. The van der Waals surface area contributed by atoms with E-state index in [-0.39, 0.29) is 29.5 Å². The first kappa shape index (κ1) is 26.5. The smallest absolute Gasteiger partial charge is 0.270 e. The molecule has 11 heteroatoms. The van der Waals surface area contributed by atoms with Gasteiger partial charge < -0.3 is 21.4 Å². The van der Waals surface area contributed by atoms with Gasteiger partial charge in [0.25, 0.3) is 5.91 Å². The Morgan fingerprint density at radius 3 is 2.56 bits per heavy atom. The predicted molar refractivity (Wildman–Crippen MR) is 131 cm³/mol. The third kappa shape index (κ3) is 9.41. The fourth-order valence-corrected chi connectivity index (χ4v) is 3.56. The van der Waals surface area contributed by atoms with Crippen LogP contribution in [0.2, 0.25) is 0 Å². The molecule has 184 valence electrons. The Kier molecular flexibility index (Phi) is 10.2. The number of hydrazone groups is 1. The third-order valence-corrected chi connectivity index (χ3v) is 5.03. The number of aromatic amines is 1. The maximum absolute atomic E-state index is 12.3. The van der Waals surface area contributed by atoms with Gasteiger partial charge in [0.15, 0.2) is 5.84 Å². The first-order chi connectivity index (χ1) is 16.1. The molecule has 2 aromatic rings. The highest BCUT2D eigenvalue weighted by Crippen LogP contribution is 2.17. The highest BCUT2D eigenvalue weighted by Gasteiger charge is 2.13. The van der Waals surface area contributed by atoms with Crippen molar-refractivity contribution in [1.82, 2.24) is 25.7 Å². The van der Waals surface area contributed by atoms with Gasteiger partial charge in [-0.2, -0.15) is 0 Å². The molecule has 0 spiro atoms. The molecule has 0 unspecified atom stereocenters. The summed E-state index contributed by atoms with van der Waals surface area (Å²) in [6.45, 7) is 3.51. The Morgan fingerprint density at radius 1 is 1.24 bits per heavy atom. The molecule has 0 radical (unpaired) electrons. The number of nitrogens with zero attached hydrogens (tertiary/aromatic N) is 3. The molecule has 0 bridgehead atoms. The molecule has 2 aromatic heterocycles. The average molecular weight is 471 g/mol. The number of aromatic nitrogens is 2. The molecule has 11 nitrogen and oxygen atoms in total. The normalized spacial score (nSPS) is 13.9. The number of nitrogens with one attached hydrogen (secondary N) is 3. The molecule has 1 aliphatic carbocycles. The lowest BCUT2D eigenvalue weighted by molar-refractivity contribution is -0.119. The number of H-pyrrole nitrogens is 1. The molecule has 0 aliphatic heterocycles. The summed E-state index contributed by atoms with van der Waals surface area (Å²) in [6.07, 6.45) is 6.27. The van der Waals surface area contributed by atoms with E-state index in [0.717, 1.165) is 5.12 Å². The van der Waals surface area contributed by atoms with Crippen LogP contribution in [0.1, 0.15) is 66.5 Å². The Bertz CT molecular complexity index is 1060. The predicted octanol–water partition coefficient (Wildman–Crippen LogP) is 0.889. The van der Waals surface area contributed by atoms with Gasteiger partial charge in [-0.25, -0.2) is 15.9 Å². The molecule has 7 N–H and O–H groups in total. The number of hydrogen-bond acceptors (Lipinski definition) is 7. The monoisotopic (exact) mass is 470 g/mol. The number of aryl methyl sites for hydroxylation is 1. The molecule has 1 saturated carbocycles. The van der Waals surface area contributed by atoms with Crippen LogP contribution >= 0.6 is 0 Å². The summed E-state index contributed by atoms with van der Waals surface area (Å²) < 4.78 is 0. The second-order valence-corrected chi connectivity index (χ2v) is 8.20. The summed E-state index contributed by atoms with van der Waals surface area (Å²) in [5.41, 5.74) is 7.56. The molecule has 0 saturated heterocycles. The summed E-state index contributed by atoms with van der Waals surface area (Å²) in [7, 11) is 1.54. The standard InChI is InChI=1S/C15H19N7O2.C8H15NO/c1-9-6-10(14(16)21-22(2)17)7-12(19-9)15(24)18-8-11-4-3-5-13(23)20-11;1-7(10)9-8-5-3-2-4-6-8/h3-7H,8,17H2,1-2H3,(H2,16,21)(H,18,24)(H,20,23);8H,2-6H2,1H3,(H,9,10). The van der Waals surface area contributed by atoms with Crippen LogP contribution < -0.4 is 27.8 Å². The number of carbonyl (C=O) groups is 2. The molecule has 3 rings (SSSR count). The fraction of sp³-hybridized carbons (Fsp3) is 0.435. The summed E-state index contributed by atoms with van der Waals surface area (Å²) in [5, 5.41) is 10.6. The zero-order valence-corrected chi connectivity index (χ0v) is 19.9. The number of hydrogen-bond donors (Lipinski definition) is 5. The van der Waals surface area contributed by atoms with Crippen molar-refractivity contribution in [3.05, 3.63) is 63.3 Å². The minimum absolute atomic E-state index is 0.118. The van der Waals surface area contributed by atoms with Crippen molar-refractivity contribution >= 4 is 17.6 Å². The number of nitrogens with two attached hydrogens (primary N) is 2. The Morgan fingerprint density at radius 2 is 1.94 bits per heavy atom. The Labute approximate surface area is 199 Å². The maximum Gasteiger partial charge on any atom is 0.270 e. The molecule has 1 aliphatic rings. The van der Waals surface area contributed by atoms with Crippen molar-refractivity contribution in [2.75, 3.05) is 7.05 Å². The number of hydrazine groups is 1. The van der Waals surface area contributed by atoms with Crippen LogP contribution in [0, 0.1) is 6.92 Å². The molecule has 1 fully saturated rings. The van der Waals surface area contributed by atoms with Gasteiger partial charge in [0.1, 0.15) is 5.69 Å². The van der Waals surface area contributed by atoms with E-state index in [0.29, 0.717) is 23.0 Å². The van der Waals surface area contributed by atoms with Crippen molar-refractivity contribution in [2.24, 2.45) is 16.7 Å². The van der Waals surface area contributed by atoms with Crippen molar-refractivity contribution in [1.29, 1.82) is 0 Å². The van der Waals surface area contributed by atoms with Crippen molar-refractivity contribution in [3.8, 4) is 0 Å². The first-order valence-corrected chi connectivity index (χ1v) is 11.2. The van der Waals surface area contributed by atoms with E-state index < -0.39 is 5.91 Å². The van der Waals surface area contributed by atoms with E-state index in [2.05, 4.69) is 25.7 Å². The van der Waals surface area contributed by atoms with E-state index in [1.807, 2.05) is 0 Å². The van der Waals surface area contributed by atoms with Crippen LogP contribution in [0.5, 0.6) is 0 Å². The van der Waals surface area contributed by atoms with Crippen LogP contribution in [0.25, 0.3) is 0 Å². The first-order valence-electron chi connectivity index (χ1n) is 11.2. The lowest BCUT2D eigenvalue weighted by Crippen LogP contribution is -2.34. The molecule has 0 aromatic carbocycles. The van der Waals surface area contributed by atoms with Gasteiger partial charge in [-0.1, -0.05) is 25.3 Å². The number of amidine groups is 1. The van der Waals surface area contributed by atoms with Gasteiger partial charge in [0.05, 0.1) is 6.54 Å². The Hall–Kier alpha value is -3.73. The van der Waals surface area contributed by atoms with E-state index >= 15 is 0 Å². The fourth-order valence-electron chi connectivity index (χ4n) is 3.56. The van der Waals surface area contributed by atoms with Crippen molar-refractivity contribution < 1.29 is 9.59 Å². The summed E-state index contributed by atoms with van der Waals surface area (Å²) in [6, 6.07) is 8.43. The van der Waals surface area contributed by atoms with E-state index in [9.17, 15) is 14.4 Å². The van der Waals surface area contributed by atoms with Crippen LogP contribution in [0.3, 0.4) is 0 Å². The molecule has 2 amide bonds. The maximum atomic E-state index is 12.3. The zero-order valence-electron chi connectivity index (χ0n) is 19.9. The van der Waals surface area contributed by atoms with Crippen molar-refractivity contribution in [3.63, 3.8) is 0 Å². The quantitative estimate of drug-likeness (QED) is 0.180. The minimum Gasteiger partial charge on any atom is -0.382 e. The molecular weight excluding hydrogens is 436 g/mol. The second-order valence-electron chi connectivity index (χ2n) is 8.20. The van der Waals surface area contributed by atoms with Gasteiger partial charge in [-0.15, -0.1) is 5.10 Å². The minimum atomic E-state index is -0.390. The SMILES string of the molecule is CC(=O)NC1CCCCC1.Cc1cc(/C(N)=N/N(C)N)cc(C(=O)NCc2cccc(=O)[nH]2)n1. The van der Waals surface area contributed by atoms with Crippen molar-refractivity contribution in [2.45, 2.75) is 58.5 Å². The van der Waals surface area contributed by atoms with Gasteiger partial charge in [0, 0.05) is 43.0 Å². The number of carbonyl (C=O) groups excluding carboxylic acids is 2. The average Bonchev–Trinajstić information content (AvgIpc) is 2.77. The van der Waals surface area contributed by atoms with Gasteiger partial charge in [0.2, 0.25) is 11.5 Å². The molecule has 34 heavy (non-hydrogen) atoms.